The number of rotatable bonds is 18. The molecular weight excluding hydrogens is 422 g/mol. The zero-order chi connectivity index (χ0) is 23.8. The lowest BCUT2D eigenvalue weighted by Gasteiger charge is -2.29. The summed E-state index contributed by atoms with van der Waals surface area (Å²) >= 11 is 0. The third-order valence-corrected chi connectivity index (χ3v) is 7.65. The van der Waals surface area contributed by atoms with Crippen molar-refractivity contribution in [2.75, 3.05) is 18.0 Å². The molecule has 0 amide bonds. The van der Waals surface area contributed by atoms with Crippen LogP contribution in [0.4, 0.5) is 5.95 Å². The van der Waals surface area contributed by atoms with Crippen LogP contribution in [0.5, 0.6) is 11.6 Å². The third kappa shape index (κ3) is 9.62. The number of nitrogens with zero attached hydrogens (tertiary/aromatic N) is 3. The van der Waals surface area contributed by atoms with Crippen LogP contribution in [-0.2, 0) is 6.42 Å². The van der Waals surface area contributed by atoms with Crippen molar-refractivity contribution in [3.05, 3.63) is 5.69 Å². The molecule has 1 aromatic rings. The Morgan fingerprint density at radius 1 is 0.735 bits per heavy atom. The maximum atomic E-state index is 10.8. The van der Waals surface area contributed by atoms with Gasteiger partial charge in [0.05, 0.1) is 5.69 Å². The Labute approximate surface area is 209 Å². The summed E-state index contributed by atoms with van der Waals surface area (Å²) in [5.74, 6) is 1.36. The van der Waals surface area contributed by atoms with Gasteiger partial charge in [0.1, 0.15) is 6.10 Å². The maximum absolute atomic E-state index is 10.8. The first-order valence-electron chi connectivity index (χ1n) is 14.8. The molecule has 194 valence electrons. The highest BCUT2D eigenvalue weighted by Gasteiger charge is 2.25. The predicted molar refractivity (Wildman–Crippen MR) is 142 cm³/mol. The molecule has 0 radical (unpaired) electrons. The molecule has 2 aliphatic rings. The molecule has 1 aliphatic carbocycles. The van der Waals surface area contributed by atoms with Gasteiger partial charge in [-0.15, -0.1) is 0 Å². The first-order valence-corrected chi connectivity index (χ1v) is 14.8. The molecule has 0 unspecified atom stereocenters. The number of unbranched alkanes of at least 4 members (excludes halogenated alkanes) is 13. The molecule has 0 spiro atoms. The summed E-state index contributed by atoms with van der Waals surface area (Å²) in [5, 5.41) is 10.8. The van der Waals surface area contributed by atoms with E-state index >= 15 is 0 Å². The largest absolute Gasteiger partial charge is 0.502 e. The van der Waals surface area contributed by atoms with Gasteiger partial charge in [-0.1, -0.05) is 90.4 Å². The van der Waals surface area contributed by atoms with E-state index in [1.807, 2.05) is 0 Å². The molecule has 1 aromatic heterocycles. The Morgan fingerprint density at radius 2 is 1.29 bits per heavy atom. The van der Waals surface area contributed by atoms with Crippen LogP contribution in [0.1, 0.15) is 141 Å². The van der Waals surface area contributed by atoms with Crippen LogP contribution in [0.3, 0.4) is 0 Å². The zero-order valence-electron chi connectivity index (χ0n) is 22.0. The Balaban J connectivity index is 1.33. The molecule has 0 bridgehead atoms. The first-order chi connectivity index (χ1) is 16.8. The van der Waals surface area contributed by atoms with Crippen molar-refractivity contribution in [3.63, 3.8) is 0 Å². The molecule has 0 atom stereocenters. The summed E-state index contributed by atoms with van der Waals surface area (Å²) in [7, 11) is 0. The van der Waals surface area contributed by atoms with Crippen molar-refractivity contribution in [1.29, 1.82) is 0 Å². The minimum absolute atomic E-state index is 0.183. The van der Waals surface area contributed by atoms with Crippen molar-refractivity contribution in [3.8, 4) is 11.6 Å². The lowest BCUT2D eigenvalue weighted by atomic mass is 9.96. The average molecular weight is 474 g/mol. The standard InChI is InChI=1S/C29H51N3O2/c1-2-3-4-5-6-7-8-9-10-11-12-13-14-16-22-26-27(33)28(34-25-20-19-21-25)31-29(30-26)32-23-17-15-18-24-32/h25,33H,2-24H2,1H3. The quantitative estimate of drug-likeness (QED) is 0.218. The number of anilines is 1. The SMILES string of the molecule is CCCCCCCCCCCCCCCCc1nc(N2CCCCC2)nc(OC2CCC2)c1O. The molecule has 1 aliphatic heterocycles. The smallest absolute Gasteiger partial charge is 0.262 e. The zero-order valence-corrected chi connectivity index (χ0v) is 22.0. The van der Waals surface area contributed by atoms with E-state index in [0.717, 1.165) is 50.4 Å². The summed E-state index contributed by atoms with van der Waals surface area (Å²) in [6.45, 7) is 4.30. The molecule has 2 heterocycles. The average Bonchev–Trinajstić information content (AvgIpc) is 2.83. The fraction of sp³-hybridized carbons (Fsp3) is 0.862. The molecule has 3 rings (SSSR count). The number of hydrogen-bond donors (Lipinski definition) is 1. The van der Waals surface area contributed by atoms with Gasteiger partial charge in [0.2, 0.25) is 11.7 Å². The van der Waals surface area contributed by atoms with Gasteiger partial charge in [0.25, 0.3) is 5.88 Å². The fourth-order valence-electron chi connectivity index (χ4n) is 5.09. The molecule has 0 aromatic carbocycles. The fourth-order valence-corrected chi connectivity index (χ4v) is 5.09. The Morgan fingerprint density at radius 3 is 1.82 bits per heavy atom. The number of ether oxygens (including phenoxy) is 1. The lowest BCUT2D eigenvalue weighted by Crippen LogP contribution is -2.32. The highest BCUT2D eigenvalue weighted by atomic mass is 16.5. The monoisotopic (exact) mass is 473 g/mol. The van der Waals surface area contributed by atoms with Crippen molar-refractivity contribution in [2.45, 2.75) is 148 Å². The van der Waals surface area contributed by atoms with E-state index in [9.17, 15) is 5.11 Å². The number of piperidine rings is 1. The van der Waals surface area contributed by atoms with Gasteiger partial charge in [-0.05, 0) is 51.4 Å². The number of aryl methyl sites for hydroxylation is 1. The Hall–Kier alpha value is -1.52. The summed E-state index contributed by atoms with van der Waals surface area (Å²) in [6, 6.07) is 0. The lowest BCUT2D eigenvalue weighted by molar-refractivity contribution is 0.110. The second-order valence-electron chi connectivity index (χ2n) is 10.7. The van der Waals surface area contributed by atoms with E-state index in [1.165, 1.54) is 109 Å². The van der Waals surface area contributed by atoms with Crippen LogP contribution in [0.25, 0.3) is 0 Å². The van der Waals surface area contributed by atoms with Crippen LogP contribution in [0.2, 0.25) is 0 Å². The van der Waals surface area contributed by atoms with Crippen LogP contribution < -0.4 is 9.64 Å². The molecular formula is C29H51N3O2. The van der Waals surface area contributed by atoms with Gasteiger partial charge in [-0.2, -0.15) is 4.98 Å². The van der Waals surface area contributed by atoms with E-state index in [2.05, 4.69) is 16.8 Å². The van der Waals surface area contributed by atoms with Crippen molar-refractivity contribution in [1.82, 2.24) is 9.97 Å². The molecule has 5 heteroatoms. The topological polar surface area (TPSA) is 58.5 Å². The van der Waals surface area contributed by atoms with Gasteiger partial charge < -0.3 is 14.7 Å². The predicted octanol–water partition coefficient (Wildman–Crippen LogP) is 8.13. The molecule has 1 N–H and O–H groups in total. The Kier molecular flexibility index (Phi) is 12.9. The number of aromatic nitrogens is 2. The van der Waals surface area contributed by atoms with E-state index in [1.54, 1.807) is 0 Å². The molecule has 1 saturated carbocycles. The highest BCUT2D eigenvalue weighted by Crippen LogP contribution is 2.34. The van der Waals surface area contributed by atoms with E-state index in [0.29, 0.717) is 5.88 Å². The van der Waals surface area contributed by atoms with Crippen LogP contribution in [0, 0.1) is 0 Å². The molecule has 1 saturated heterocycles. The van der Waals surface area contributed by atoms with Crippen LogP contribution >= 0.6 is 0 Å². The summed E-state index contributed by atoms with van der Waals surface area (Å²) in [5.41, 5.74) is 0.781. The summed E-state index contributed by atoms with van der Waals surface area (Å²) in [4.78, 5) is 11.7. The van der Waals surface area contributed by atoms with Gasteiger partial charge in [-0.25, -0.2) is 4.98 Å². The molecule has 5 nitrogen and oxygen atoms in total. The van der Waals surface area contributed by atoms with Gasteiger partial charge >= 0.3 is 0 Å². The van der Waals surface area contributed by atoms with Crippen molar-refractivity contribution < 1.29 is 9.84 Å². The summed E-state index contributed by atoms with van der Waals surface area (Å²) < 4.78 is 6.05. The second-order valence-corrected chi connectivity index (χ2v) is 10.7. The first kappa shape index (κ1) is 27.1. The minimum atomic E-state index is 0.183. The van der Waals surface area contributed by atoms with Crippen LogP contribution in [-0.4, -0.2) is 34.3 Å². The van der Waals surface area contributed by atoms with Gasteiger partial charge in [0.15, 0.2) is 0 Å². The third-order valence-electron chi connectivity index (χ3n) is 7.65. The minimum Gasteiger partial charge on any atom is -0.502 e. The van der Waals surface area contributed by atoms with E-state index in [4.69, 9.17) is 9.72 Å². The van der Waals surface area contributed by atoms with Crippen LogP contribution in [0.15, 0.2) is 0 Å². The van der Waals surface area contributed by atoms with E-state index in [-0.39, 0.29) is 11.9 Å². The summed E-state index contributed by atoms with van der Waals surface area (Å²) in [6.07, 6.45) is 27.0. The van der Waals surface area contributed by atoms with Gasteiger partial charge in [-0.3, -0.25) is 0 Å². The van der Waals surface area contributed by atoms with Gasteiger partial charge in [0, 0.05) is 13.1 Å². The number of aromatic hydroxyl groups is 1. The highest BCUT2D eigenvalue weighted by molar-refractivity contribution is 5.44. The Bertz CT molecular complexity index is 672. The molecule has 2 fully saturated rings. The second kappa shape index (κ2) is 16.2. The molecule has 34 heavy (non-hydrogen) atoms. The van der Waals surface area contributed by atoms with Crippen molar-refractivity contribution in [2.24, 2.45) is 0 Å². The maximum Gasteiger partial charge on any atom is 0.262 e. The van der Waals surface area contributed by atoms with Crippen molar-refractivity contribution >= 4 is 5.95 Å². The number of hydrogen-bond acceptors (Lipinski definition) is 5. The normalized spacial score (nSPS) is 16.6. The van der Waals surface area contributed by atoms with E-state index < -0.39 is 0 Å².